The summed E-state index contributed by atoms with van der Waals surface area (Å²) in [5, 5.41) is 9.33. The smallest absolute Gasteiger partial charge is 0.332 e. The highest BCUT2D eigenvalue weighted by Gasteiger charge is 2.29. The number of hydrogen-bond donors (Lipinski definition) is 1. The number of amides is 1. The maximum absolute atomic E-state index is 12.7. The minimum Gasteiger partial charge on any atom is -0.478 e. The number of hydrogen-bond acceptors (Lipinski definition) is 2. The van der Waals surface area contributed by atoms with E-state index in [1.165, 1.54) is 5.56 Å². The van der Waals surface area contributed by atoms with Gasteiger partial charge in [0, 0.05) is 24.2 Å². The SMILES string of the molecule is O=C(O)C1=C(C(=O)N2CCC(Cc3ccccc3)CC2)CCCC1. The molecule has 3 rings (SSSR count). The molecule has 0 unspecified atom stereocenters. The van der Waals surface area contributed by atoms with Gasteiger partial charge in [-0.1, -0.05) is 30.3 Å². The van der Waals surface area contributed by atoms with Crippen LogP contribution in [0.1, 0.15) is 44.1 Å². The fourth-order valence-electron chi connectivity index (χ4n) is 3.86. The molecule has 4 heteroatoms. The van der Waals surface area contributed by atoms with Gasteiger partial charge in [0.05, 0.1) is 0 Å². The highest BCUT2D eigenvalue weighted by Crippen LogP contribution is 2.29. The molecular weight excluding hydrogens is 302 g/mol. The van der Waals surface area contributed by atoms with E-state index >= 15 is 0 Å². The molecule has 1 N–H and O–H groups in total. The Hall–Kier alpha value is -2.10. The Morgan fingerprint density at radius 2 is 1.62 bits per heavy atom. The summed E-state index contributed by atoms with van der Waals surface area (Å²) >= 11 is 0. The first-order chi connectivity index (χ1) is 11.6. The lowest BCUT2D eigenvalue weighted by atomic mass is 9.88. The number of carbonyl (C=O) groups is 2. The molecule has 2 aliphatic rings. The second-order valence-corrected chi connectivity index (χ2v) is 6.89. The minimum atomic E-state index is -0.919. The van der Waals surface area contributed by atoms with Gasteiger partial charge in [0.2, 0.25) is 5.91 Å². The molecule has 128 valence electrons. The molecule has 1 saturated heterocycles. The van der Waals surface area contributed by atoms with Gasteiger partial charge < -0.3 is 10.0 Å². The summed E-state index contributed by atoms with van der Waals surface area (Å²) < 4.78 is 0. The van der Waals surface area contributed by atoms with E-state index in [9.17, 15) is 14.7 Å². The lowest BCUT2D eigenvalue weighted by molar-refractivity contribution is -0.134. The van der Waals surface area contributed by atoms with Crippen molar-refractivity contribution in [1.82, 2.24) is 4.90 Å². The maximum Gasteiger partial charge on any atom is 0.332 e. The van der Waals surface area contributed by atoms with Gasteiger partial charge in [-0.2, -0.15) is 0 Å². The molecular formula is C20H25NO3. The first kappa shape index (κ1) is 16.7. The number of carboxylic acids is 1. The van der Waals surface area contributed by atoms with Crippen molar-refractivity contribution in [3.05, 3.63) is 47.0 Å². The number of piperidine rings is 1. The summed E-state index contributed by atoms with van der Waals surface area (Å²) in [7, 11) is 0. The zero-order chi connectivity index (χ0) is 16.9. The Labute approximate surface area is 143 Å². The van der Waals surface area contributed by atoms with Gasteiger partial charge in [0.15, 0.2) is 0 Å². The molecule has 1 aromatic rings. The summed E-state index contributed by atoms with van der Waals surface area (Å²) in [5.41, 5.74) is 2.25. The van der Waals surface area contributed by atoms with Gasteiger partial charge in [0.1, 0.15) is 0 Å². The lowest BCUT2D eigenvalue weighted by Gasteiger charge is -2.33. The van der Waals surface area contributed by atoms with E-state index < -0.39 is 5.97 Å². The average Bonchev–Trinajstić information content (AvgIpc) is 2.62. The third kappa shape index (κ3) is 3.86. The van der Waals surface area contributed by atoms with Crippen molar-refractivity contribution in [3.8, 4) is 0 Å². The van der Waals surface area contributed by atoms with Gasteiger partial charge in [-0.3, -0.25) is 4.79 Å². The molecule has 1 aliphatic carbocycles. The molecule has 24 heavy (non-hydrogen) atoms. The predicted octanol–water partition coefficient (Wildman–Crippen LogP) is 3.42. The highest BCUT2D eigenvalue weighted by molar-refractivity contribution is 6.02. The van der Waals surface area contributed by atoms with E-state index in [2.05, 4.69) is 24.3 Å². The molecule has 4 nitrogen and oxygen atoms in total. The lowest BCUT2D eigenvalue weighted by Crippen LogP contribution is -2.40. The van der Waals surface area contributed by atoms with Gasteiger partial charge >= 0.3 is 5.97 Å². The summed E-state index contributed by atoms with van der Waals surface area (Å²) in [5.74, 6) is -0.349. The molecule has 1 heterocycles. The number of benzene rings is 1. The fraction of sp³-hybridized carbons (Fsp3) is 0.500. The number of nitrogens with zero attached hydrogens (tertiary/aromatic N) is 1. The molecule has 0 radical (unpaired) electrons. The molecule has 0 saturated carbocycles. The number of likely N-dealkylation sites (tertiary alicyclic amines) is 1. The monoisotopic (exact) mass is 327 g/mol. The Balaban J connectivity index is 1.60. The second-order valence-electron chi connectivity index (χ2n) is 6.89. The van der Waals surface area contributed by atoms with E-state index in [1.54, 1.807) is 0 Å². The van der Waals surface area contributed by atoms with Crippen molar-refractivity contribution in [2.24, 2.45) is 5.92 Å². The van der Waals surface area contributed by atoms with Gasteiger partial charge in [-0.15, -0.1) is 0 Å². The Morgan fingerprint density at radius 1 is 1.00 bits per heavy atom. The first-order valence-electron chi connectivity index (χ1n) is 8.93. The molecule has 1 fully saturated rings. The van der Waals surface area contributed by atoms with Crippen LogP contribution in [0.2, 0.25) is 0 Å². The van der Waals surface area contributed by atoms with Crippen molar-refractivity contribution in [1.29, 1.82) is 0 Å². The first-order valence-corrected chi connectivity index (χ1v) is 8.93. The molecule has 1 aliphatic heterocycles. The van der Waals surface area contributed by atoms with E-state index in [1.807, 2.05) is 11.0 Å². The van der Waals surface area contributed by atoms with Crippen molar-refractivity contribution >= 4 is 11.9 Å². The largest absolute Gasteiger partial charge is 0.478 e. The predicted molar refractivity (Wildman–Crippen MR) is 92.6 cm³/mol. The van der Waals surface area contributed by atoms with Crippen LogP contribution in [0.5, 0.6) is 0 Å². The van der Waals surface area contributed by atoms with Crippen LogP contribution in [0.25, 0.3) is 0 Å². The van der Waals surface area contributed by atoms with Crippen molar-refractivity contribution in [3.63, 3.8) is 0 Å². The highest BCUT2D eigenvalue weighted by atomic mass is 16.4. The Kier molecular flexibility index (Phi) is 5.34. The number of carboxylic acid groups (broad SMARTS) is 1. The van der Waals surface area contributed by atoms with Crippen LogP contribution >= 0.6 is 0 Å². The molecule has 1 aromatic carbocycles. The third-order valence-corrected chi connectivity index (χ3v) is 5.25. The van der Waals surface area contributed by atoms with Crippen LogP contribution in [-0.2, 0) is 16.0 Å². The number of rotatable bonds is 4. The van der Waals surface area contributed by atoms with Crippen LogP contribution in [-0.4, -0.2) is 35.0 Å². The summed E-state index contributed by atoms with van der Waals surface area (Å²) in [6.07, 6.45) is 5.99. The summed E-state index contributed by atoms with van der Waals surface area (Å²) in [4.78, 5) is 26.0. The Bertz CT molecular complexity index is 628. The fourth-order valence-corrected chi connectivity index (χ4v) is 3.86. The average molecular weight is 327 g/mol. The van der Waals surface area contributed by atoms with Gasteiger partial charge in [-0.05, 0) is 56.4 Å². The Morgan fingerprint density at radius 3 is 2.25 bits per heavy atom. The van der Waals surface area contributed by atoms with E-state index in [0.29, 0.717) is 29.9 Å². The zero-order valence-corrected chi connectivity index (χ0v) is 14.0. The number of aliphatic carboxylic acids is 1. The molecule has 0 atom stereocenters. The minimum absolute atomic E-state index is 0.0368. The number of carbonyl (C=O) groups excluding carboxylic acids is 1. The molecule has 0 spiro atoms. The zero-order valence-electron chi connectivity index (χ0n) is 14.0. The van der Waals surface area contributed by atoms with E-state index in [-0.39, 0.29) is 5.91 Å². The van der Waals surface area contributed by atoms with Crippen LogP contribution in [0.4, 0.5) is 0 Å². The topological polar surface area (TPSA) is 57.6 Å². The van der Waals surface area contributed by atoms with Crippen LogP contribution in [0.15, 0.2) is 41.5 Å². The van der Waals surface area contributed by atoms with Gasteiger partial charge in [-0.25, -0.2) is 4.79 Å². The van der Waals surface area contributed by atoms with Crippen molar-refractivity contribution in [2.75, 3.05) is 13.1 Å². The molecule has 0 bridgehead atoms. The van der Waals surface area contributed by atoms with Crippen molar-refractivity contribution < 1.29 is 14.7 Å². The van der Waals surface area contributed by atoms with Crippen molar-refractivity contribution in [2.45, 2.75) is 44.9 Å². The van der Waals surface area contributed by atoms with E-state index in [0.717, 1.165) is 45.2 Å². The second kappa shape index (κ2) is 7.65. The standard InChI is InChI=1S/C20H25NO3/c22-19(17-8-4-5-9-18(17)20(23)24)21-12-10-16(11-13-21)14-15-6-2-1-3-7-15/h1-3,6-7,16H,4-5,8-14H2,(H,23,24). The maximum atomic E-state index is 12.7. The quantitative estimate of drug-likeness (QED) is 0.922. The normalized spacial score (nSPS) is 19.4. The van der Waals surface area contributed by atoms with Gasteiger partial charge in [0.25, 0.3) is 0 Å². The molecule has 1 amide bonds. The van der Waals surface area contributed by atoms with Crippen LogP contribution in [0, 0.1) is 5.92 Å². The van der Waals surface area contributed by atoms with Crippen LogP contribution in [0.3, 0.4) is 0 Å². The summed E-state index contributed by atoms with van der Waals surface area (Å²) in [6, 6.07) is 10.5. The molecule has 0 aromatic heterocycles. The summed E-state index contributed by atoms with van der Waals surface area (Å²) in [6.45, 7) is 1.49. The van der Waals surface area contributed by atoms with E-state index in [4.69, 9.17) is 0 Å². The third-order valence-electron chi connectivity index (χ3n) is 5.25. The van der Waals surface area contributed by atoms with Crippen LogP contribution < -0.4 is 0 Å².